The van der Waals surface area contributed by atoms with E-state index in [0.717, 1.165) is 6.07 Å². The summed E-state index contributed by atoms with van der Waals surface area (Å²) >= 11 is 0. The van der Waals surface area contributed by atoms with Crippen LogP contribution in [-0.2, 0) is 14.6 Å². The van der Waals surface area contributed by atoms with E-state index in [2.05, 4.69) is 0 Å². The molecule has 0 aromatic heterocycles. The average molecular weight is 273 g/mol. The Morgan fingerprint density at radius 3 is 2.83 bits per heavy atom. The van der Waals surface area contributed by atoms with E-state index in [0.29, 0.717) is 0 Å². The van der Waals surface area contributed by atoms with Crippen LogP contribution in [0.25, 0.3) is 0 Å². The van der Waals surface area contributed by atoms with Crippen LogP contribution in [0.2, 0.25) is 0 Å². The molecular weight excluding hydrogens is 261 g/mol. The van der Waals surface area contributed by atoms with Gasteiger partial charge in [-0.25, -0.2) is 12.8 Å². The number of aliphatic carboxylic acids is 1. The number of sulfone groups is 1. The number of carboxylic acid groups (broad SMARTS) is 1. The Labute approximate surface area is 104 Å². The largest absolute Gasteiger partial charge is 0.480 e. The molecular formula is C11H12FNO4S. The molecule has 18 heavy (non-hydrogen) atoms. The van der Waals surface area contributed by atoms with Crippen LogP contribution in [0.3, 0.4) is 0 Å². The number of hydrogen-bond donors (Lipinski definition) is 1. The molecule has 1 aromatic carbocycles. The molecule has 0 amide bonds. The molecule has 0 aliphatic carbocycles. The van der Waals surface area contributed by atoms with E-state index in [9.17, 15) is 17.6 Å². The average Bonchev–Trinajstić information content (AvgIpc) is 2.23. The van der Waals surface area contributed by atoms with Gasteiger partial charge in [0, 0.05) is 6.04 Å². The fourth-order valence-electron chi connectivity index (χ4n) is 2.12. The molecule has 0 saturated heterocycles. The first-order valence-electron chi connectivity index (χ1n) is 5.32. The number of rotatable bonds is 2. The topological polar surface area (TPSA) is 74.7 Å². The van der Waals surface area contributed by atoms with Crippen molar-refractivity contribution in [3.8, 4) is 0 Å². The van der Waals surface area contributed by atoms with E-state index in [4.69, 9.17) is 5.11 Å². The van der Waals surface area contributed by atoms with Crippen molar-refractivity contribution in [3.63, 3.8) is 0 Å². The summed E-state index contributed by atoms with van der Waals surface area (Å²) in [6, 6.07) is 3.16. The highest BCUT2D eigenvalue weighted by molar-refractivity contribution is 7.91. The summed E-state index contributed by atoms with van der Waals surface area (Å²) in [5.41, 5.74) is -0.140. The van der Waals surface area contributed by atoms with E-state index in [-0.39, 0.29) is 16.3 Å². The predicted molar refractivity (Wildman–Crippen MR) is 62.9 cm³/mol. The van der Waals surface area contributed by atoms with Crippen LogP contribution in [-0.4, -0.2) is 37.8 Å². The van der Waals surface area contributed by atoms with Gasteiger partial charge in [0.2, 0.25) is 0 Å². The lowest BCUT2D eigenvalue weighted by molar-refractivity contribution is -0.135. The summed E-state index contributed by atoms with van der Waals surface area (Å²) in [6.45, 7) is 1.14. The van der Waals surface area contributed by atoms with Gasteiger partial charge in [-0.1, -0.05) is 6.07 Å². The first kappa shape index (κ1) is 12.8. The van der Waals surface area contributed by atoms with Crippen LogP contribution < -0.4 is 4.90 Å². The van der Waals surface area contributed by atoms with Gasteiger partial charge in [-0.3, -0.25) is 4.79 Å². The number of para-hydroxylation sites is 1. The number of benzene rings is 1. The van der Waals surface area contributed by atoms with E-state index < -0.39 is 34.2 Å². The summed E-state index contributed by atoms with van der Waals surface area (Å²) in [6.07, 6.45) is 0. The van der Waals surface area contributed by atoms with E-state index in [1.54, 1.807) is 6.92 Å². The van der Waals surface area contributed by atoms with Gasteiger partial charge in [-0.15, -0.1) is 0 Å². The zero-order valence-electron chi connectivity index (χ0n) is 9.63. The zero-order chi connectivity index (χ0) is 13.5. The third-order valence-electron chi connectivity index (χ3n) is 2.87. The lowest BCUT2D eigenvalue weighted by atomic mass is 10.2. The Morgan fingerprint density at radius 1 is 1.56 bits per heavy atom. The maximum Gasteiger partial charge on any atom is 0.323 e. The second-order valence-corrected chi connectivity index (χ2v) is 6.24. The van der Waals surface area contributed by atoms with Gasteiger partial charge in [0.15, 0.2) is 9.84 Å². The Kier molecular flexibility index (Phi) is 3.02. The van der Waals surface area contributed by atoms with Crippen LogP contribution in [0.15, 0.2) is 23.1 Å². The third-order valence-corrected chi connectivity index (χ3v) is 4.79. The van der Waals surface area contributed by atoms with Crippen molar-refractivity contribution in [3.05, 3.63) is 24.0 Å². The van der Waals surface area contributed by atoms with Gasteiger partial charge >= 0.3 is 5.97 Å². The molecule has 5 nitrogen and oxygen atoms in total. The molecule has 0 radical (unpaired) electrons. The Balaban J connectivity index is 2.64. The van der Waals surface area contributed by atoms with Gasteiger partial charge in [-0.05, 0) is 19.1 Å². The lowest BCUT2D eigenvalue weighted by Crippen LogP contribution is -2.46. The molecule has 1 aliphatic rings. The minimum atomic E-state index is -3.56. The normalized spacial score (nSPS) is 21.4. The lowest BCUT2D eigenvalue weighted by Gasteiger charge is -2.35. The van der Waals surface area contributed by atoms with E-state index in [1.807, 2.05) is 0 Å². The highest BCUT2D eigenvalue weighted by Crippen LogP contribution is 2.35. The monoisotopic (exact) mass is 273 g/mol. The molecule has 0 saturated carbocycles. The smallest absolute Gasteiger partial charge is 0.323 e. The number of nitrogens with zero attached hydrogens (tertiary/aromatic N) is 1. The summed E-state index contributed by atoms with van der Waals surface area (Å²) < 4.78 is 37.6. The van der Waals surface area contributed by atoms with E-state index >= 15 is 0 Å². The second-order valence-electron chi connectivity index (χ2n) is 4.24. The van der Waals surface area contributed by atoms with Crippen LogP contribution in [0.4, 0.5) is 10.1 Å². The summed E-state index contributed by atoms with van der Waals surface area (Å²) in [4.78, 5) is 11.9. The standard InChI is InChI=1S/C11H12FNO4S/c1-7-6-18(16,17)9-4-2-3-8(12)11(9)13(7)5-10(14)15/h2-4,7H,5-6H2,1H3,(H,14,15). The SMILES string of the molecule is CC1CS(=O)(=O)c2cccc(F)c2N1CC(=O)O. The number of fused-ring (bicyclic) bond motifs is 1. The number of anilines is 1. The molecule has 0 bridgehead atoms. The van der Waals surface area contributed by atoms with Crippen LogP contribution in [0.1, 0.15) is 6.92 Å². The molecule has 0 spiro atoms. The maximum atomic E-state index is 13.8. The van der Waals surface area contributed by atoms with Gasteiger partial charge < -0.3 is 10.0 Å². The highest BCUT2D eigenvalue weighted by atomic mass is 32.2. The molecule has 1 unspecified atom stereocenters. The Hall–Kier alpha value is -1.63. The van der Waals surface area contributed by atoms with Crippen molar-refractivity contribution in [2.45, 2.75) is 17.9 Å². The zero-order valence-corrected chi connectivity index (χ0v) is 10.4. The van der Waals surface area contributed by atoms with Crippen molar-refractivity contribution >= 4 is 21.5 Å². The van der Waals surface area contributed by atoms with Crippen molar-refractivity contribution in [1.29, 1.82) is 0 Å². The first-order valence-corrected chi connectivity index (χ1v) is 6.98. The van der Waals surface area contributed by atoms with Crippen LogP contribution >= 0.6 is 0 Å². The molecule has 1 N–H and O–H groups in total. The summed E-state index contributed by atoms with van der Waals surface area (Å²) in [7, 11) is -3.56. The van der Waals surface area contributed by atoms with Crippen molar-refractivity contribution in [1.82, 2.24) is 0 Å². The highest BCUT2D eigenvalue weighted by Gasteiger charge is 2.36. The maximum absolute atomic E-state index is 13.8. The number of carboxylic acids is 1. The molecule has 0 fully saturated rings. The summed E-state index contributed by atoms with van der Waals surface area (Å²) in [5, 5.41) is 8.82. The van der Waals surface area contributed by atoms with Crippen LogP contribution in [0.5, 0.6) is 0 Å². The third kappa shape index (κ3) is 2.05. The Morgan fingerprint density at radius 2 is 2.22 bits per heavy atom. The molecule has 1 aliphatic heterocycles. The van der Waals surface area contributed by atoms with Crippen molar-refractivity contribution in [2.24, 2.45) is 0 Å². The fraction of sp³-hybridized carbons (Fsp3) is 0.364. The van der Waals surface area contributed by atoms with Crippen LogP contribution in [0, 0.1) is 5.82 Å². The number of hydrogen-bond acceptors (Lipinski definition) is 4. The molecule has 98 valence electrons. The predicted octanol–water partition coefficient (Wildman–Crippen LogP) is 0.893. The fourth-order valence-corrected chi connectivity index (χ4v) is 3.91. The van der Waals surface area contributed by atoms with Crippen molar-refractivity contribution in [2.75, 3.05) is 17.2 Å². The second kappa shape index (κ2) is 4.24. The number of halogens is 1. The number of carbonyl (C=O) groups is 1. The Bertz CT molecular complexity index is 599. The molecule has 7 heteroatoms. The van der Waals surface area contributed by atoms with E-state index in [1.165, 1.54) is 17.0 Å². The molecule has 1 heterocycles. The minimum Gasteiger partial charge on any atom is -0.480 e. The van der Waals surface area contributed by atoms with Gasteiger partial charge in [0.25, 0.3) is 0 Å². The van der Waals surface area contributed by atoms with Crippen molar-refractivity contribution < 1.29 is 22.7 Å². The quantitative estimate of drug-likeness (QED) is 0.866. The van der Waals surface area contributed by atoms with Gasteiger partial charge in [-0.2, -0.15) is 0 Å². The minimum absolute atomic E-state index is 0.137. The molecule has 2 rings (SSSR count). The molecule has 1 atom stereocenters. The first-order chi connectivity index (χ1) is 8.33. The van der Waals surface area contributed by atoms with Gasteiger partial charge in [0.05, 0.1) is 16.3 Å². The molecule has 1 aromatic rings. The van der Waals surface area contributed by atoms with Gasteiger partial charge in [0.1, 0.15) is 12.4 Å². The summed E-state index contributed by atoms with van der Waals surface area (Å²) in [5.74, 6) is -2.06.